The molecule has 0 aliphatic carbocycles. The first-order valence-corrected chi connectivity index (χ1v) is 10.1. The molecular weight excluding hydrogens is 373 g/mol. The second-order valence-corrected chi connectivity index (χ2v) is 7.34. The van der Waals surface area contributed by atoms with Gasteiger partial charge in [0, 0.05) is 28.6 Å². The van der Waals surface area contributed by atoms with E-state index in [0.29, 0.717) is 35.1 Å². The minimum atomic E-state index is -0.526. The van der Waals surface area contributed by atoms with Crippen molar-refractivity contribution in [1.82, 2.24) is 5.32 Å². The third kappa shape index (κ3) is 5.92. The number of carbonyl (C=O) groups is 1. The quantitative estimate of drug-likeness (QED) is 0.607. The van der Waals surface area contributed by atoms with Crippen molar-refractivity contribution in [3.63, 3.8) is 0 Å². The first kappa shape index (κ1) is 20.6. The van der Waals surface area contributed by atoms with E-state index in [2.05, 4.69) is 5.32 Å². The van der Waals surface area contributed by atoms with Crippen LogP contribution in [0.1, 0.15) is 24.5 Å². The zero-order valence-corrected chi connectivity index (χ0v) is 16.5. The van der Waals surface area contributed by atoms with Gasteiger partial charge in [0.15, 0.2) is 6.10 Å². The predicted molar refractivity (Wildman–Crippen MR) is 106 cm³/mol. The summed E-state index contributed by atoms with van der Waals surface area (Å²) in [4.78, 5) is 12.3. The van der Waals surface area contributed by atoms with Crippen LogP contribution in [-0.2, 0) is 10.5 Å². The van der Waals surface area contributed by atoms with E-state index in [4.69, 9.17) is 16.3 Å². The zero-order chi connectivity index (χ0) is 18.9. The van der Waals surface area contributed by atoms with Crippen LogP contribution in [0.4, 0.5) is 4.39 Å². The number of ether oxygens (including phenoxy) is 1. The Labute approximate surface area is 163 Å². The summed E-state index contributed by atoms with van der Waals surface area (Å²) in [7, 11) is 0. The Balaban J connectivity index is 1.76. The molecule has 0 bridgehead atoms. The molecule has 2 aromatic rings. The number of amides is 1. The summed E-state index contributed by atoms with van der Waals surface area (Å²) in [6.07, 6.45) is 0.0557. The third-order valence-corrected chi connectivity index (χ3v) is 5.22. The highest BCUT2D eigenvalue weighted by molar-refractivity contribution is 7.98. The summed E-state index contributed by atoms with van der Waals surface area (Å²) in [5.41, 5.74) is 1.50. The minimum absolute atomic E-state index is 0.139. The fraction of sp³-hybridized carbons (Fsp3) is 0.350. The molecule has 0 aliphatic rings. The highest BCUT2D eigenvalue weighted by Crippen LogP contribution is 2.23. The molecule has 0 saturated carbocycles. The van der Waals surface area contributed by atoms with E-state index in [0.717, 1.165) is 11.3 Å². The third-order valence-electron chi connectivity index (χ3n) is 3.88. The van der Waals surface area contributed by atoms with E-state index in [1.807, 2.05) is 38.1 Å². The molecule has 1 N–H and O–H groups in total. The van der Waals surface area contributed by atoms with Crippen molar-refractivity contribution < 1.29 is 13.9 Å². The van der Waals surface area contributed by atoms with Crippen molar-refractivity contribution in [2.75, 3.05) is 12.3 Å². The van der Waals surface area contributed by atoms with Crippen LogP contribution in [0.15, 0.2) is 42.5 Å². The molecule has 6 heteroatoms. The van der Waals surface area contributed by atoms with E-state index in [-0.39, 0.29) is 11.7 Å². The van der Waals surface area contributed by atoms with E-state index >= 15 is 0 Å². The maximum absolute atomic E-state index is 13.7. The van der Waals surface area contributed by atoms with Crippen LogP contribution in [0.5, 0.6) is 5.75 Å². The Morgan fingerprint density at radius 2 is 2.04 bits per heavy atom. The topological polar surface area (TPSA) is 38.3 Å². The Hall–Kier alpha value is -1.72. The highest BCUT2D eigenvalue weighted by Gasteiger charge is 2.18. The van der Waals surface area contributed by atoms with Gasteiger partial charge in [-0.25, -0.2) is 4.39 Å². The largest absolute Gasteiger partial charge is 0.480 e. The number of hydrogen-bond donors (Lipinski definition) is 1. The number of thioether (sulfide) groups is 1. The van der Waals surface area contributed by atoms with Crippen LogP contribution in [0.2, 0.25) is 5.02 Å². The average Bonchev–Trinajstić information content (AvgIpc) is 2.62. The van der Waals surface area contributed by atoms with Crippen molar-refractivity contribution >= 4 is 29.3 Å². The molecule has 0 spiro atoms. The lowest BCUT2D eigenvalue weighted by Crippen LogP contribution is -2.39. The van der Waals surface area contributed by atoms with Crippen molar-refractivity contribution in [2.45, 2.75) is 32.1 Å². The van der Waals surface area contributed by atoms with E-state index in [1.165, 1.54) is 17.8 Å². The molecule has 3 nitrogen and oxygen atoms in total. The van der Waals surface area contributed by atoms with Gasteiger partial charge in [-0.1, -0.05) is 42.8 Å². The lowest BCUT2D eigenvalue weighted by atomic mass is 10.2. The van der Waals surface area contributed by atoms with Crippen molar-refractivity contribution in [3.05, 3.63) is 64.4 Å². The van der Waals surface area contributed by atoms with Crippen molar-refractivity contribution in [3.8, 4) is 5.75 Å². The van der Waals surface area contributed by atoms with Gasteiger partial charge >= 0.3 is 0 Å². The molecule has 0 aliphatic heterocycles. The smallest absolute Gasteiger partial charge is 0.261 e. The van der Waals surface area contributed by atoms with E-state index in [9.17, 15) is 9.18 Å². The van der Waals surface area contributed by atoms with Crippen LogP contribution < -0.4 is 10.1 Å². The fourth-order valence-corrected chi connectivity index (χ4v) is 3.57. The van der Waals surface area contributed by atoms with Gasteiger partial charge in [-0.3, -0.25) is 4.79 Å². The second-order valence-electron chi connectivity index (χ2n) is 5.82. The fourth-order valence-electron chi connectivity index (χ4n) is 2.37. The Bertz CT molecular complexity index is 721. The summed E-state index contributed by atoms with van der Waals surface area (Å²) < 4.78 is 19.5. The molecule has 2 rings (SSSR count). The molecule has 0 fully saturated rings. The van der Waals surface area contributed by atoms with Gasteiger partial charge in [0.25, 0.3) is 5.91 Å². The lowest BCUT2D eigenvalue weighted by Gasteiger charge is -2.18. The number of rotatable bonds is 9. The number of halogens is 2. The lowest BCUT2D eigenvalue weighted by molar-refractivity contribution is -0.128. The van der Waals surface area contributed by atoms with Gasteiger partial charge in [0.05, 0.1) is 0 Å². The Kier molecular flexibility index (Phi) is 8.26. The van der Waals surface area contributed by atoms with E-state index in [1.54, 1.807) is 12.1 Å². The summed E-state index contributed by atoms with van der Waals surface area (Å²) in [6.45, 7) is 4.35. The summed E-state index contributed by atoms with van der Waals surface area (Å²) in [5, 5.41) is 3.31. The molecule has 26 heavy (non-hydrogen) atoms. The summed E-state index contributed by atoms with van der Waals surface area (Å²) >= 11 is 7.53. The normalized spacial score (nSPS) is 11.8. The SMILES string of the molecule is CC[C@@H](Oc1ccccc1C)C(=O)NCCSCc1c(F)cccc1Cl. The summed E-state index contributed by atoms with van der Waals surface area (Å²) in [5.74, 6) is 1.42. The molecule has 0 aromatic heterocycles. The van der Waals surface area contributed by atoms with Gasteiger partial charge in [-0.15, -0.1) is 0 Å². The Morgan fingerprint density at radius 1 is 1.27 bits per heavy atom. The molecule has 0 heterocycles. The first-order valence-electron chi connectivity index (χ1n) is 8.53. The maximum Gasteiger partial charge on any atom is 0.261 e. The van der Waals surface area contributed by atoms with Crippen LogP contribution in [0.25, 0.3) is 0 Å². The predicted octanol–water partition coefficient (Wildman–Crippen LogP) is 4.99. The summed E-state index contributed by atoms with van der Waals surface area (Å²) in [6, 6.07) is 12.3. The van der Waals surface area contributed by atoms with Gasteiger partial charge in [0.2, 0.25) is 0 Å². The first-order chi connectivity index (χ1) is 12.5. The number of nitrogens with one attached hydrogen (secondary N) is 1. The molecule has 140 valence electrons. The molecule has 0 saturated heterocycles. The van der Waals surface area contributed by atoms with Gasteiger partial charge in [-0.05, 0) is 37.1 Å². The molecule has 0 unspecified atom stereocenters. The minimum Gasteiger partial charge on any atom is -0.480 e. The average molecular weight is 396 g/mol. The Morgan fingerprint density at radius 3 is 2.73 bits per heavy atom. The molecule has 2 aromatic carbocycles. The van der Waals surface area contributed by atoms with Gasteiger partial charge in [-0.2, -0.15) is 11.8 Å². The van der Waals surface area contributed by atoms with Crippen LogP contribution in [0, 0.1) is 12.7 Å². The van der Waals surface area contributed by atoms with Gasteiger partial charge < -0.3 is 10.1 Å². The van der Waals surface area contributed by atoms with Crippen LogP contribution >= 0.6 is 23.4 Å². The standard InChI is InChI=1S/C20H23ClFNO2S/c1-3-18(25-19-10-5-4-7-14(19)2)20(24)23-11-12-26-13-15-16(21)8-6-9-17(15)22/h4-10,18H,3,11-13H2,1-2H3,(H,23,24)/t18-/m1/s1. The van der Waals surface area contributed by atoms with E-state index < -0.39 is 6.10 Å². The maximum atomic E-state index is 13.7. The molecule has 1 amide bonds. The molecule has 1 atom stereocenters. The number of aryl methyl sites for hydroxylation is 1. The van der Waals surface area contributed by atoms with Crippen molar-refractivity contribution in [2.24, 2.45) is 0 Å². The molecule has 0 radical (unpaired) electrons. The zero-order valence-electron chi connectivity index (χ0n) is 14.9. The number of para-hydroxylation sites is 1. The van der Waals surface area contributed by atoms with Crippen molar-refractivity contribution in [1.29, 1.82) is 0 Å². The number of benzene rings is 2. The van der Waals surface area contributed by atoms with Gasteiger partial charge in [0.1, 0.15) is 11.6 Å². The number of carbonyl (C=O) groups excluding carboxylic acids is 1. The number of hydrogen-bond acceptors (Lipinski definition) is 3. The monoisotopic (exact) mass is 395 g/mol. The van der Waals surface area contributed by atoms with Crippen LogP contribution in [0.3, 0.4) is 0 Å². The van der Waals surface area contributed by atoms with Crippen LogP contribution in [-0.4, -0.2) is 24.3 Å². The highest BCUT2D eigenvalue weighted by atomic mass is 35.5. The second kappa shape index (κ2) is 10.4. The molecular formula is C20H23ClFNO2S.